The van der Waals surface area contributed by atoms with Crippen LogP contribution in [0.2, 0.25) is 0 Å². The molecule has 1 atom stereocenters. The summed E-state index contributed by atoms with van der Waals surface area (Å²) in [5, 5.41) is 2.85. The zero-order valence-corrected chi connectivity index (χ0v) is 14.8. The summed E-state index contributed by atoms with van der Waals surface area (Å²) in [4.78, 5) is 23.4. The normalized spacial score (nSPS) is 12.6. The Bertz CT molecular complexity index is 493. The molecular formula is C15H20INO4. The highest BCUT2D eigenvalue weighted by atomic mass is 127. The van der Waals surface area contributed by atoms with E-state index >= 15 is 0 Å². The summed E-state index contributed by atoms with van der Waals surface area (Å²) in [6, 6.07) is 7.20. The number of nitrogens with one attached hydrogen (secondary N) is 1. The van der Waals surface area contributed by atoms with Crippen molar-refractivity contribution in [3.05, 3.63) is 33.4 Å². The van der Waals surface area contributed by atoms with Crippen molar-refractivity contribution in [2.24, 2.45) is 0 Å². The summed E-state index contributed by atoms with van der Waals surface area (Å²) in [5.74, 6) is -0.648. The van der Waals surface area contributed by atoms with Gasteiger partial charge in [-0.25, -0.2) is 9.59 Å². The SMILES string of the molecule is CN[C@@H](Cc1ccc(I)cc1)C(=O)OC(=O)OC(C)(C)C. The molecule has 1 rings (SSSR count). The van der Waals surface area contributed by atoms with E-state index in [2.05, 4.69) is 27.9 Å². The Kier molecular flexibility index (Phi) is 6.60. The number of hydrogen-bond acceptors (Lipinski definition) is 5. The highest BCUT2D eigenvalue weighted by Crippen LogP contribution is 2.11. The van der Waals surface area contributed by atoms with E-state index in [-0.39, 0.29) is 0 Å². The predicted octanol–water partition coefficient (Wildman–Crippen LogP) is 2.90. The van der Waals surface area contributed by atoms with Gasteiger partial charge in [0.2, 0.25) is 0 Å². The van der Waals surface area contributed by atoms with Crippen molar-refractivity contribution < 1.29 is 19.1 Å². The van der Waals surface area contributed by atoms with Crippen LogP contribution >= 0.6 is 22.6 Å². The number of benzene rings is 1. The molecule has 1 aromatic carbocycles. The first kappa shape index (κ1) is 17.9. The van der Waals surface area contributed by atoms with Gasteiger partial charge in [0.05, 0.1) is 0 Å². The van der Waals surface area contributed by atoms with E-state index < -0.39 is 23.8 Å². The third-order valence-corrected chi connectivity index (χ3v) is 3.28. The first-order valence-corrected chi connectivity index (χ1v) is 7.65. The molecule has 0 heterocycles. The maximum Gasteiger partial charge on any atom is 0.516 e. The molecule has 0 radical (unpaired) electrons. The Balaban J connectivity index is 2.61. The largest absolute Gasteiger partial charge is 0.516 e. The van der Waals surface area contributed by atoms with Gasteiger partial charge in [-0.05, 0) is 74.5 Å². The molecule has 0 amide bonds. The summed E-state index contributed by atoms with van der Waals surface area (Å²) in [6.07, 6.45) is -0.537. The van der Waals surface area contributed by atoms with Gasteiger partial charge < -0.3 is 14.8 Å². The number of hydrogen-bond donors (Lipinski definition) is 1. The molecule has 116 valence electrons. The van der Waals surface area contributed by atoms with Crippen molar-refractivity contribution in [2.45, 2.75) is 38.8 Å². The van der Waals surface area contributed by atoms with Crippen LogP contribution in [0, 0.1) is 3.57 Å². The number of carbonyl (C=O) groups is 2. The van der Waals surface area contributed by atoms with Crippen LogP contribution < -0.4 is 5.32 Å². The van der Waals surface area contributed by atoms with Gasteiger partial charge in [-0.2, -0.15) is 0 Å². The Morgan fingerprint density at radius 2 is 1.81 bits per heavy atom. The van der Waals surface area contributed by atoms with Crippen LogP contribution in [0.3, 0.4) is 0 Å². The molecule has 0 spiro atoms. The second-order valence-electron chi connectivity index (χ2n) is 5.56. The molecule has 5 nitrogen and oxygen atoms in total. The average Bonchev–Trinajstić information content (AvgIpc) is 2.35. The van der Waals surface area contributed by atoms with Crippen LogP contribution in [-0.4, -0.2) is 30.8 Å². The van der Waals surface area contributed by atoms with E-state index in [1.807, 2.05) is 24.3 Å². The number of ether oxygens (including phenoxy) is 2. The van der Waals surface area contributed by atoms with Gasteiger partial charge in [0.25, 0.3) is 0 Å². The van der Waals surface area contributed by atoms with E-state index in [1.165, 1.54) is 0 Å². The molecule has 0 saturated heterocycles. The van der Waals surface area contributed by atoms with Crippen molar-refractivity contribution in [3.63, 3.8) is 0 Å². The molecule has 1 aromatic rings. The second-order valence-corrected chi connectivity index (χ2v) is 6.80. The van der Waals surface area contributed by atoms with Gasteiger partial charge in [-0.3, -0.25) is 0 Å². The summed E-state index contributed by atoms with van der Waals surface area (Å²) in [6.45, 7) is 5.12. The number of likely N-dealkylation sites (N-methyl/N-ethyl adjacent to an activating group) is 1. The molecule has 21 heavy (non-hydrogen) atoms. The lowest BCUT2D eigenvalue weighted by Gasteiger charge is -2.20. The molecule has 0 aromatic heterocycles. The smallest absolute Gasteiger partial charge is 0.428 e. The van der Waals surface area contributed by atoms with Crippen LogP contribution in [0.25, 0.3) is 0 Å². The van der Waals surface area contributed by atoms with Gasteiger partial charge in [0.1, 0.15) is 11.6 Å². The minimum atomic E-state index is -0.977. The molecule has 0 aliphatic rings. The third-order valence-electron chi connectivity index (χ3n) is 2.56. The van der Waals surface area contributed by atoms with Crippen molar-refractivity contribution in [3.8, 4) is 0 Å². The van der Waals surface area contributed by atoms with E-state index in [0.717, 1.165) is 9.13 Å². The van der Waals surface area contributed by atoms with E-state index in [1.54, 1.807) is 27.8 Å². The highest BCUT2D eigenvalue weighted by Gasteiger charge is 2.25. The molecule has 0 aliphatic heterocycles. The van der Waals surface area contributed by atoms with Crippen molar-refractivity contribution in [2.75, 3.05) is 7.05 Å². The predicted molar refractivity (Wildman–Crippen MR) is 88.0 cm³/mol. The standard InChI is InChI=1S/C15H20INO4/c1-15(2,3)21-14(19)20-13(18)12(17-4)9-10-5-7-11(16)8-6-10/h5-8,12,17H,9H2,1-4H3/t12-/m0/s1. The fourth-order valence-corrected chi connectivity index (χ4v) is 1.94. The minimum absolute atomic E-state index is 0.440. The van der Waals surface area contributed by atoms with Gasteiger partial charge in [0, 0.05) is 3.57 Å². The number of halogens is 1. The Morgan fingerprint density at radius 3 is 2.29 bits per heavy atom. The lowest BCUT2D eigenvalue weighted by atomic mass is 10.1. The Hall–Kier alpha value is -1.15. The third kappa shape index (κ3) is 6.90. The van der Waals surface area contributed by atoms with Crippen molar-refractivity contribution in [1.29, 1.82) is 0 Å². The quantitative estimate of drug-likeness (QED) is 0.474. The minimum Gasteiger partial charge on any atom is -0.428 e. The molecule has 6 heteroatoms. The average molecular weight is 405 g/mol. The lowest BCUT2D eigenvalue weighted by molar-refractivity contribution is -0.143. The van der Waals surface area contributed by atoms with Crippen LogP contribution in [0.5, 0.6) is 0 Å². The first-order valence-electron chi connectivity index (χ1n) is 6.57. The molecule has 0 bridgehead atoms. The number of carbonyl (C=O) groups excluding carboxylic acids is 2. The molecular weight excluding hydrogens is 385 g/mol. The van der Waals surface area contributed by atoms with Crippen molar-refractivity contribution in [1.82, 2.24) is 5.32 Å². The van der Waals surface area contributed by atoms with Gasteiger partial charge in [-0.1, -0.05) is 12.1 Å². The van der Waals surface area contributed by atoms with Crippen LogP contribution in [0.4, 0.5) is 4.79 Å². The van der Waals surface area contributed by atoms with Gasteiger partial charge >= 0.3 is 12.1 Å². The van der Waals surface area contributed by atoms with E-state index in [9.17, 15) is 9.59 Å². The lowest BCUT2D eigenvalue weighted by Crippen LogP contribution is -2.39. The van der Waals surface area contributed by atoms with Crippen LogP contribution in [0.1, 0.15) is 26.3 Å². The number of rotatable bonds is 4. The molecule has 0 saturated carbocycles. The summed E-state index contributed by atoms with van der Waals surface area (Å²) >= 11 is 2.21. The van der Waals surface area contributed by atoms with Gasteiger partial charge in [0.15, 0.2) is 0 Å². The van der Waals surface area contributed by atoms with E-state index in [4.69, 9.17) is 9.47 Å². The highest BCUT2D eigenvalue weighted by molar-refractivity contribution is 14.1. The zero-order chi connectivity index (χ0) is 16.0. The fraction of sp³-hybridized carbons (Fsp3) is 0.467. The Labute approximate surface area is 138 Å². The topological polar surface area (TPSA) is 64.6 Å². The van der Waals surface area contributed by atoms with Gasteiger partial charge in [-0.15, -0.1) is 0 Å². The molecule has 0 fully saturated rings. The Morgan fingerprint density at radius 1 is 1.24 bits per heavy atom. The van der Waals surface area contributed by atoms with Crippen molar-refractivity contribution >= 4 is 34.7 Å². The fourth-order valence-electron chi connectivity index (χ4n) is 1.58. The van der Waals surface area contributed by atoms with E-state index in [0.29, 0.717) is 6.42 Å². The molecule has 0 unspecified atom stereocenters. The first-order chi connectivity index (χ1) is 9.71. The molecule has 0 aliphatic carbocycles. The number of esters is 1. The monoisotopic (exact) mass is 405 g/mol. The maximum absolute atomic E-state index is 12.0. The van der Waals surface area contributed by atoms with Crippen LogP contribution in [-0.2, 0) is 20.7 Å². The summed E-state index contributed by atoms with van der Waals surface area (Å²) in [7, 11) is 1.65. The zero-order valence-electron chi connectivity index (χ0n) is 12.6. The maximum atomic E-state index is 12.0. The summed E-state index contributed by atoms with van der Waals surface area (Å²) < 4.78 is 10.8. The molecule has 1 N–H and O–H groups in total. The summed E-state index contributed by atoms with van der Waals surface area (Å²) in [5.41, 5.74) is 0.290. The van der Waals surface area contributed by atoms with Crippen LogP contribution in [0.15, 0.2) is 24.3 Å². The second kappa shape index (κ2) is 7.74.